The Bertz CT molecular complexity index is 828. The molecular weight excluding hydrogens is 359 g/mol. The molecular formula is C18H22F3N5O. The van der Waals surface area contributed by atoms with Crippen LogP contribution in [-0.4, -0.2) is 53.9 Å². The Balaban J connectivity index is 1.49. The van der Waals surface area contributed by atoms with Crippen LogP contribution in [-0.2, 0) is 13.2 Å². The summed E-state index contributed by atoms with van der Waals surface area (Å²) in [6.07, 6.45) is -2.76. The molecule has 2 aromatic rings. The summed E-state index contributed by atoms with van der Waals surface area (Å²) in [5.41, 5.74) is 0.315. The highest BCUT2D eigenvalue weighted by molar-refractivity contribution is 5.49. The Morgan fingerprint density at radius 3 is 2.59 bits per heavy atom. The molecule has 1 N–H and O–H groups in total. The van der Waals surface area contributed by atoms with Gasteiger partial charge in [-0.3, -0.25) is 9.69 Å². The second-order valence-electron chi connectivity index (χ2n) is 6.48. The van der Waals surface area contributed by atoms with Gasteiger partial charge < -0.3 is 10.2 Å². The molecule has 9 heteroatoms. The van der Waals surface area contributed by atoms with E-state index in [4.69, 9.17) is 0 Å². The van der Waals surface area contributed by atoms with Crippen LogP contribution in [0, 0.1) is 0 Å². The molecule has 0 amide bonds. The normalized spacial score (nSPS) is 15.8. The second-order valence-corrected chi connectivity index (χ2v) is 6.48. The van der Waals surface area contributed by atoms with E-state index in [9.17, 15) is 18.0 Å². The zero-order chi connectivity index (χ0) is 19.4. The summed E-state index contributed by atoms with van der Waals surface area (Å²) in [6, 6.07) is 7.11. The largest absolute Gasteiger partial charge is 0.416 e. The van der Waals surface area contributed by atoms with E-state index in [1.165, 1.54) is 16.8 Å². The van der Waals surface area contributed by atoms with E-state index in [0.29, 0.717) is 31.0 Å². The molecule has 2 heterocycles. The van der Waals surface area contributed by atoms with Crippen molar-refractivity contribution in [1.29, 1.82) is 0 Å². The third kappa shape index (κ3) is 4.79. The first kappa shape index (κ1) is 19.2. The van der Waals surface area contributed by atoms with Crippen LogP contribution in [0.15, 0.2) is 41.3 Å². The summed E-state index contributed by atoms with van der Waals surface area (Å²) in [4.78, 5) is 16.1. The van der Waals surface area contributed by atoms with E-state index in [1.54, 1.807) is 25.4 Å². The van der Waals surface area contributed by atoms with Gasteiger partial charge in [0.1, 0.15) is 5.69 Å². The molecule has 0 atom stereocenters. The number of halogens is 3. The quantitative estimate of drug-likeness (QED) is 0.859. The van der Waals surface area contributed by atoms with Crippen LogP contribution in [0.25, 0.3) is 0 Å². The van der Waals surface area contributed by atoms with Crippen molar-refractivity contribution in [1.82, 2.24) is 14.7 Å². The predicted octanol–water partition coefficient (Wildman–Crippen LogP) is 2.03. The fraction of sp³-hybridized carbons (Fsp3) is 0.444. The maximum Gasteiger partial charge on any atom is 0.416 e. The van der Waals surface area contributed by atoms with E-state index in [0.717, 1.165) is 25.7 Å². The summed E-state index contributed by atoms with van der Waals surface area (Å²) in [7, 11) is 1.60. The Hall–Kier alpha value is -2.55. The molecule has 146 valence electrons. The van der Waals surface area contributed by atoms with Gasteiger partial charge in [-0.1, -0.05) is 6.07 Å². The molecule has 1 saturated heterocycles. The van der Waals surface area contributed by atoms with E-state index >= 15 is 0 Å². The number of nitrogens with one attached hydrogen (secondary N) is 1. The second kappa shape index (κ2) is 7.99. The molecule has 1 aromatic heterocycles. The van der Waals surface area contributed by atoms with Gasteiger partial charge in [-0.15, -0.1) is 0 Å². The Kier molecular flexibility index (Phi) is 5.69. The van der Waals surface area contributed by atoms with Crippen molar-refractivity contribution < 1.29 is 13.2 Å². The van der Waals surface area contributed by atoms with Gasteiger partial charge in [-0.25, -0.2) is 4.68 Å². The predicted molar refractivity (Wildman–Crippen MR) is 98.1 cm³/mol. The third-order valence-electron chi connectivity index (χ3n) is 4.66. The highest BCUT2D eigenvalue weighted by Crippen LogP contribution is 2.31. The summed E-state index contributed by atoms with van der Waals surface area (Å²) in [5.74, 6) is 0. The van der Waals surface area contributed by atoms with Gasteiger partial charge >= 0.3 is 6.18 Å². The summed E-state index contributed by atoms with van der Waals surface area (Å²) >= 11 is 0. The number of anilines is 2. The third-order valence-corrected chi connectivity index (χ3v) is 4.66. The maximum atomic E-state index is 12.9. The molecule has 0 bridgehead atoms. The number of rotatable bonds is 5. The van der Waals surface area contributed by atoms with Crippen molar-refractivity contribution >= 4 is 11.4 Å². The zero-order valence-corrected chi connectivity index (χ0v) is 15.0. The number of aromatic nitrogens is 2. The van der Waals surface area contributed by atoms with E-state index in [-0.39, 0.29) is 5.56 Å². The van der Waals surface area contributed by atoms with E-state index in [1.807, 2.05) is 4.90 Å². The fourth-order valence-electron chi connectivity index (χ4n) is 3.10. The molecule has 27 heavy (non-hydrogen) atoms. The smallest absolute Gasteiger partial charge is 0.379 e. The fourth-order valence-corrected chi connectivity index (χ4v) is 3.10. The van der Waals surface area contributed by atoms with Gasteiger partial charge in [0.05, 0.1) is 5.56 Å². The minimum absolute atomic E-state index is 0.174. The van der Waals surface area contributed by atoms with Crippen molar-refractivity contribution in [3.8, 4) is 0 Å². The first-order chi connectivity index (χ1) is 12.8. The monoisotopic (exact) mass is 381 g/mol. The number of alkyl halides is 3. The van der Waals surface area contributed by atoms with Crippen molar-refractivity contribution in [2.75, 3.05) is 49.5 Å². The van der Waals surface area contributed by atoms with Gasteiger partial charge in [0.15, 0.2) is 0 Å². The Morgan fingerprint density at radius 1 is 1.15 bits per heavy atom. The van der Waals surface area contributed by atoms with Crippen LogP contribution in [0.5, 0.6) is 0 Å². The van der Waals surface area contributed by atoms with Gasteiger partial charge in [0.25, 0.3) is 5.56 Å². The number of hydrogen-bond acceptors (Lipinski definition) is 5. The molecule has 1 aliphatic rings. The number of hydrogen-bond donors (Lipinski definition) is 1. The zero-order valence-electron chi connectivity index (χ0n) is 15.0. The van der Waals surface area contributed by atoms with Crippen LogP contribution in [0.4, 0.5) is 24.5 Å². The standard InChI is InChI=1S/C18H22F3N5O/c1-24-17(27)16(5-6-23-24)22-7-8-25-9-11-26(12-10-25)15-4-2-3-14(13-15)18(19,20)21/h2-6,13,22H,7-12H2,1H3. The SMILES string of the molecule is Cn1nccc(NCCN2CCN(c3cccc(C(F)(F)F)c3)CC2)c1=O. The van der Waals surface area contributed by atoms with Gasteiger partial charge in [-0.2, -0.15) is 18.3 Å². The first-order valence-electron chi connectivity index (χ1n) is 8.75. The summed E-state index contributed by atoms with van der Waals surface area (Å²) < 4.78 is 39.9. The molecule has 1 aromatic carbocycles. The Morgan fingerprint density at radius 2 is 1.89 bits per heavy atom. The molecule has 6 nitrogen and oxygen atoms in total. The first-order valence-corrected chi connectivity index (χ1v) is 8.75. The number of benzene rings is 1. The van der Waals surface area contributed by atoms with Crippen molar-refractivity contribution in [3.63, 3.8) is 0 Å². The molecule has 3 rings (SSSR count). The molecule has 0 radical (unpaired) electrons. The van der Waals surface area contributed by atoms with Gasteiger partial charge in [0.2, 0.25) is 0 Å². The maximum absolute atomic E-state index is 12.9. The summed E-state index contributed by atoms with van der Waals surface area (Å²) in [6.45, 7) is 4.21. The minimum atomic E-state index is -4.33. The highest BCUT2D eigenvalue weighted by Gasteiger charge is 2.31. The van der Waals surface area contributed by atoms with E-state index < -0.39 is 11.7 Å². The van der Waals surface area contributed by atoms with Crippen LogP contribution in [0.2, 0.25) is 0 Å². The topological polar surface area (TPSA) is 53.4 Å². The minimum Gasteiger partial charge on any atom is -0.379 e. The van der Waals surface area contributed by atoms with Crippen molar-refractivity contribution in [2.45, 2.75) is 6.18 Å². The Labute approximate surface area is 155 Å². The van der Waals surface area contributed by atoms with E-state index in [2.05, 4.69) is 15.3 Å². The molecule has 1 aliphatic heterocycles. The van der Waals surface area contributed by atoms with Gasteiger partial charge in [0, 0.05) is 58.2 Å². The number of piperazine rings is 1. The van der Waals surface area contributed by atoms with Crippen LogP contribution in [0.1, 0.15) is 5.56 Å². The lowest BCUT2D eigenvalue weighted by Gasteiger charge is -2.36. The van der Waals surface area contributed by atoms with Crippen LogP contribution >= 0.6 is 0 Å². The van der Waals surface area contributed by atoms with Gasteiger partial charge in [-0.05, 0) is 24.3 Å². The number of nitrogens with zero attached hydrogens (tertiary/aromatic N) is 4. The molecule has 0 spiro atoms. The van der Waals surface area contributed by atoms with Crippen molar-refractivity contribution in [3.05, 3.63) is 52.4 Å². The average molecular weight is 381 g/mol. The molecule has 0 aliphatic carbocycles. The average Bonchev–Trinajstić information content (AvgIpc) is 2.65. The molecule has 1 fully saturated rings. The lowest BCUT2D eigenvalue weighted by atomic mass is 10.1. The molecule has 0 saturated carbocycles. The lowest BCUT2D eigenvalue weighted by molar-refractivity contribution is -0.137. The molecule has 0 unspecified atom stereocenters. The lowest BCUT2D eigenvalue weighted by Crippen LogP contribution is -2.47. The number of aryl methyl sites for hydroxylation is 1. The summed E-state index contributed by atoms with van der Waals surface area (Å²) in [5, 5.41) is 6.99. The van der Waals surface area contributed by atoms with Crippen LogP contribution < -0.4 is 15.8 Å². The highest BCUT2D eigenvalue weighted by atomic mass is 19.4. The van der Waals surface area contributed by atoms with Crippen molar-refractivity contribution in [2.24, 2.45) is 7.05 Å². The van der Waals surface area contributed by atoms with Crippen LogP contribution in [0.3, 0.4) is 0 Å².